The minimum Gasteiger partial charge on any atom is -0.462 e. The van der Waals surface area contributed by atoms with Crippen molar-refractivity contribution in [2.24, 2.45) is 0 Å². The summed E-state index contributed by atoms with van der Waals surface area (Å²) in [5.74, 6) is -0.843. The van der Waals surface area contributed by atoms with Crippen LogP contribution in [0, 0.1) is 5.82 Å². The lowest BCUT2D eigenvalue weighted by Crippen LogP contribution is -2.16. The van der Waals surface area contributed by atoms with Gasteiger partial charge in [0.15, 0.2) is 0 Å². The number of fused-ring (bicyclic) bond motifs is 1. The van der Waals surface area contributed by atoms with Gasteiger partial charge in [-0.25, -0.2) is 9.18 Å². The maximum absolute atomic E-state index is 13.6. The third kappa shape index (κ3) is 3.32. The first-order valence-corrected chi connectivity index (χ1v) is 7.44. The number of pyridine rings is 1. The zero-order chi connectivity index (χ0) is 15.6. The van der Waals surface area contributed by atoms with E-state index in [-0.39, 0.29) is 12.6 Å². The summed E-state index contributed by atoms with van der Waals surface area (Å²) in [6.45, 7) is 5.94. The maximum atomic E-state index is 13.6. The summed E-state index contributed by atoms with van der Waals surface area (Å²) in [6, 6.07) is 3.05. The Kier molecular flexibility index (Phi) is 4.77. The summed E-state index contributed by atoms with van der Waals surface area (Å²) in [6.07, 6.45) is 1.42. The number of nitrogens with one attached hydrogen (secondary N) is 1. The molecular weight excluding hydrogens is 339 g/mol. The quantitative estimate of drug-likeness (QED) is 0.838. The van der Waals surface area contributed by atoms with E-state index < -0.39 is 11.8 Å². The van der Waals surface area contributed by atoms with Crippen LogP contribution in [0.5, 0.6) is 0 Å². The van der Waals surface area contributed by atoms with E-state index in [9.17, 15) is 9.18 Å². The van der Waals surface area contributed by atoms with Gasteiger partial charge in [-0.3, -0.25) is 4.98 Å². The van der Waals surface area contributed by atoms with E-state index in [0.29, 0.717) is 26.6 Å². The van der Waals surface area contributed by atoms with Crippen LogP contribution in [0.15, 0.2) is 22.8 Å². The highest BCUT2D eigenvalue weighted by molar-refractivity contribution is 9.10. The largest absolute Gasteiger partial charge is 0.462 e. The fraction of sp³-hybridized carbons (Fsp3) is 0.333. The van der Waals surface area contributed by atoms with Crippen LogP contribution in [0.3, 0.4) is 0 Å². The molecule has 0 saturated heterocycles. The van der Waals surface area contributed by atoms with Crippen LogP contribution in [0.1, 0.15) is 31.1 Å². The molecule has 4 nitrogen and oxygen atoms in total. The molecule has 0 unspecified atom stereocenters. The highest BCUT2D eigenvalue weighted by atomic mass is 79.9. The third-order valence-corrected chi connectivity index (χ3v) is 3.45. The Labute approximate surface area is 130 Å². The van der Waals surface area contributed by atoms with Gasteiger partial charge in [0, 0.05) is 23.7 Å². The van der Waals surface area contributed by atoms with Crippen LogP contribution in [-0.2, 0) is 4.74 Å². The molecule has 6 heteroatoms. The summed E-state index contributed by atoms with van der Waals surface area (Å²) in [5, 5.41) is 3.89. The zero-order valence-electron chi connectivity index (χ0n) is 12.0. The highest BCUT2D eigenvalue weighted by Gasteiger charge is 2.18. The topological polar surface area (TPSA) is 51.2 Å². The molecule has 0 bridgehead atoms. The lowest BCUT2D eigenvalue weighted by Gasteiger charge is -2.16. The lowest BCUT2D eigenvalue weighted by atomic mass is 10.1. The highest BCUT2D eigenvalue weighted by Crippen LogP contribution is 2.31. The number of ether oxygens (including phenoxy) is 1. The van der Waals surface area contributed by atoms with Gasteiger partial charge in [0.25, 0.3) is 0 Å². The number of benzene rings is 1. The van der Waals surface area contributed by atoms with Crippen molar-refractivity contribution in [3.63, 3.8) is 0 Å². The summed E-state index contributed by atoms with van der Waals surface area (Å²) in [4.78, 5) is 16.2. The van der Waals surface area contributed by atoms with Crippen LogP contribution in [0.25, 0.3) is 10.9 Å². The normalized spacial score (nSPS) is 11.0. The monoisotopic (exact) mass is 354 g/mol. The molecule has 1 aromatic carbocycles. The number of carbonyl (C=O) groups is 1. The first-order valence-electron chi connectivity index (χ1n) is 6.65. The van der Waals surface area contributed by atoms with Gasteiger partial charge in [-0.2, -0.15) is 0 Å². The molecule has 2 aromatic rings. The first-order chi connectivity index (χ1) is 9.93. The van der Waals surface area contributed by atoms with Crippen LogP contribution in [0.2, 0.25) is 0 Å². The number of anilines is 1. The van der Waals surface area contributed by atoms with Crippen molar-refractivity contribution in [1.82, 2.24) is 4.98 Å². The second-order valence-corrected chi connectivity index (χ2v) is 5.70. The molecule has 0 spiro atoms. The number of carbonyl (C=O) groups excluding carboxylic acids is 1. The van der Waals surface area contributed by atoms with E-state index >= 15 is 0 Å². The Morgan fingerprint density at radius 3 is 2.81 bits per heavy atom. The molecule has 0 radical (unpaired) electrons. The standard InChI is InChI=1S/C15H16BrFN2O2/c1-4-21-15(20)10-7-18-13-6-12(17)11(16)5-9(13)14(10)19-8(2)3/h5-8H,4H2,1-3H3,(H,18,19). The molecule has 21 heavy (non-hydrogen) atoms. The van der Waals surface area contributed by atoms with Crippen molar-refractivity contribution >= 4 is 38.5 Å². The molecule has 0 aliphatic carbocycles. The van der Waals surface area contributed by atoms with Gasteiger partial charge in [-0.1, -0.05) is 0 Å². The molecule has 0 amide bonds. The van der Waals surface area contributed by atoms with Crippen molar-refractivity contribution in [3.05, 3.63) is 34.2 Å². The Balaban J connectivity index is 2.69. The Bertz CT molecular complexity index is 689. The fourth-order valence-electron chi connectivity index (χ4n) is 1.99. The third-order valence-electron chi connectivity index (χ3n) is 2.84. The van der Waals surface area contributed by atoms with Gasteiger partial charge in [-0.05, 0) is 42.8 Å². The number of halogens is 2. The van der Waals surface area contributed by atoms with Crippen molar-refractivity contribution in [3.8, 4) is 0 Å². The molecule has 0 fully saturated rings. The Hall–Kier alpha value is -1.69. The van der Waals surface area contributed by atoms with E-state index in [2.05, 4.69) is 26.2 Å². The lowest BCUT2D eigenvalue weighted by molar-refractivity contribution is 0.0527. The molecule has 112 valence electrons. The second kappa shape index (κ2) is 6.39. The minimum atomic E-state index is -0.449. The van der Waals surface area contributed by atoms with Crippen LogP contribution < -0.4 is 5.32 Å². The minimum absolute atomic E-state index is 0.104. The summed E-state index contributed by atoms with van der Waals surface area (Å²) in [7, 11) is 0. The van der Waals surface area contributed by atoms with Crippen molar-refractivity contribution < 1.29 is 13.9 Å². The second-order valence-electron chi connectivity index (χ2n) is 4.85. The van der Waals surface area contributed by atoms with Crippen LogP contribution >= 0.6 is 15.9 Å². The maximum Gasteiger partial charge on any atom is 0.341 e. The van der Waals surface area contributed by atoms with Crippen molar-refractivity contribution in [2.75, 3.05) is 11.9 Å². The number of rotatable bonds is 4. The number of hydrogen-bond acceptors (Lipinski definition) is 4. The van der Waals surface area contributed by atoms with E-state index in [1.807, 2.05) is 13.8 Å². The van der Waals surface area contributed by atoms with E-state index in [4.69, 9.17) is 4.74 Å². The molecular formula is C15H16BrFN2O2. The van der Waals surface area contributed by atoms with Crippen molar-refractivity contribution in [1.29, 1.82) is 0 Å². The van der Waals surface area contributed by atoms with Gasteiger partial charge < -0.3 is 10.1 Å². The van der Waals surface area contributed by atoms with E-state index in [1.165, 1.54) is 12.3 Å². The Morgan fingerprint density at radius 2 is 2.19 bits per heavy atom. The number of aromatic nitrogens is 1. The van der Waals surface area contributed by atoms with Crippen LogP contribution in [0.4, 0.5) is 10.1 Å². The van der Waals surface area contributed by atoms with E-state index in [0.717, 1.165) is 0 Å². The summed E-state index contributed by atoms with van der Waals surface area (Å²) < 4.78 is 19.0. The zero-order valence-corrected chi connectivity index (χ0v) is 13.6. The fourth-order valence-corrected chi connectivity index (χ4v) is 2.34. The van der Waals surface area contributed by atoms with Crippen molar-refractivity contribution in [2.45, 2.75) is 26.8 Å². The molecule has 0 aliphatic rings. The SMILES string of the molecule is CCOC(=O)c1cnc2cc(F)c(Br)cc2c1NC(C)C. The Morgan fingerprint density at radius 1 is 1.48 bits per heavy atom. The predicted molar refractivity (Wildman–Crippen MR) is 84.1 cm³/mol. The molecule has 1 N–H and O–H groups in total. The van der Waals surface area contributed by atoms with Gasteiger partial charge >= 0.3 is 5.97 Å². The molecule has 0 aliphatic heterocycles. The molecule has 0 atom stereocenters. The van der Waals surface area contributed by atoms with Gasteiger partial charge in [0.1, 0.15) is 11.4 Å². The first kappa shape index (κ1) is 15.7. The average molecular weight is 355 g/mol. The number of hydrogen-bond donors (Lipinski definition) is 1. The summed E-state index contributed by atoms with van der Waals surface area (Å²) >= 11 is 3.16. The van der Waals surface area contributed by atoms with Gasteiger partial charge in [0.2, 0.25) is 0 Å². The average Bonchev–Trinajstić information content (AvgIpc) is 2.40. The van der Waals surface area contributed by atoms with Crippen LogP contribution in [-0.4, -0.2) is 23.6 Å². The predicted octanol–water partition coefficient (Wildman–Crippen LogP) is 4.13. The van der Waals surface area contributed by atoms with E-state index in [1.54, 1.807) is 13.0 Å². The number of nitrogens with zero attached hydrogens (tertiary/aromatic N) is 1. The molecule has 1 aromatic heterocycles. The smallest absolute Gasteiger partial charge is 0.341 e. The number of esters is 1. The van der Waals surface area contributed by atoms with Gasteiger partial charge in [0.05, 0.1) is 22.3 Å². The molecule has 2 rings (SSSR count). The van der Waals surface area contributed by atoms with Gasteiger partial charge in [-0.15, -0.1) is 0 Å². The molecule has 1 heterocycles. The molecule has 0 saturated carbocycles. The summed E-state index contributed by atoms with van der Waals surface area (Å²) in [5.41, 5.74) is 1.43.